The zero-order valence-electron chi connectivity index (χ0n) is 8.96. The number of halogens is 1. The average Bonchev–Trinajstić information content (AvgIpc) is 2.58. The predicted octanol–water partition coefficient (Wildman–Crippen LogP) is 3.05. The van der Waals surface area contributed by atoms with E-state index in [0.29, 0.717) is 12.1 Å². The highest BCUT2D eigenvalue weighted by Gasteiger charge is 2.21. The second-order valence-corrected chi connectivity index (χ2v) is 5.23. The van der Waals surface area contributed by atoms with E-state index in [1.165, 1.54) is 17.7 Å². The monoisotopic (exact) mass is 268 g/mol. The van der Waals surface area contributed by atoms with Crippen LogP contribution in [0, 0.1) is 6.92 Å². The van der Waals surface area contributed by atoms with Crippen LogP contribution in [0.5, 0.6) is 0 Å². The molecule has 0 spiro atoms. The van der Waals surface area contributed by atoms with Crippen LogP contribution >= 0.6 is 15.9 Å². The molecule has 1 fully saturated rings. The first-order valence-corrected chi connectivity index (χ1v) is 6.23. The van der Waals surface area contributed by atoms with Crippen molar-refractivity contribution in [2.75, 3.05) is 5.32 Å². The normalized spacial score (nSPS) is 25.5. The smallest absolute Gasteiger partial charge is 0.0345 e. The van der Waals surface area contributed by atoms with Gasteiger partial charge in [-0.3, -0.25) is 0 Å². The minimum atomic E-state index is 0.388. The molecule has 2 atom stereocenters. The van der Waals surface area contributed by atoms with Crippen molar-refractivity contribution >= 4 is 21.6 Å². The van der Waals surface area contributed by atoms with Gasteiger partial charge in [-0.25, -0.2) is 0 Å². The third kappa shape index (κ3) is 2.73. The lowest BCUT2D eigenvalue weighted by Gasteiger charge is -2.14. The minimum absolute atomic E-state index is 0.388. The molecule has 1 aliphatic rings. The van der Waals surface area contributed by atoms with E-state index in [-0.39, 0.29) is 0 Å². The molecule has 0 heterocycles. The van der Waals surface area contributed by atoms with E-state index >= 15 is 0 Å². The van der Waals surface area contributed by atoms with Crippen molar-refractivity contribution in [3.05, 3.63) is 28.2 Å². The number of benzene rings is 1. The van der Waals surface area contributed by atoms with E-state index in [9.17, 15) is 0 Å². The van der Waals surface area contributed by atoms with Gasteiger partial charge in [-0.15, -0.1) is 0 Å². The lowest BCUT2D eigenvalue weighted by atomic mass is 10.2. The maximum absolute atomic E-state index is 5.89. The Morgan fingerprint density at radius 3 is 2.80 bits per heavy atom. The number of hydrogen-bond acceptors (Lipinski definition) is 2. The molecule has 2 nitrogen and oxygen atoms in total. The second-order valence-electron chi connectivity index (χ2n) is 4.38. The van der Waals surface area contributed by atoms with E-state index in [0.717, 1.165) is 17.3 Å². The molecule has 0 saturated heterocycles. The largest absolute Gasteiger partial charge is 0.382 e. The molecule has 0 bridgehead atoms. The summed E-state index contributed by atoms with van der Waals surface area (Å²) in [4.78, 5) is 0. The van der Waals surface area contributed by atoms with Crippen molar-refractivity contribution in [1.82, 2.24) is 0 Å². The van der Waals surface area contributed by atoms with E-state index < -0.39 is 0 Å². The van der Waals surface area contributed by atoms with Gasteiger partial charge in [-0.1, -0.05) is 15.9 Å². The SMILES string of the molecule is Cc1cc(NC2CCC(N)C2)ccc1Br. The molecule has 0 aromatic heterocycles. The fourth-order valence-electron chi connectivity index (χ4n) is 2.12. The molecule has 2 rings (SSSR count). The summed E-state index contributed by atoms with van der Waals surface area (Å²) in [7, 11) is 0. The van der Waals surface area contributed by atoms with Crippen LogP contribution < -0.4 is 11.1 Å². The number of aryl methyl sites for hydroxylation is 1. The molecule has 3 N–H and O–H groups in total. The van der Waals surface area contributed by atoms with Gasteiger partial charge in [0.1, 0.15) is 0 Å². The van der Waals surface area contributed by atoms with Crippen LogP contribution in [0.2, 0.25) is 0 Å². The van der Waals surface area contributed by atoms with Gasteiger partial charge in [-0.05, 0) is 49.9 Å². The Kier molecular flexibility index (Phi) is 3.32. The van der Waals surface area contributed by atoms with Gasteiger partial charge in [0, 0.05) is 22.2 Å². The van der Waals surface area contributed by atoms with E-state index in [4.69, 9.17) is 5.73 Å². The zero-order chi connectivity index (χ0) is 10.8. The first-order valence-electron chi connectivity index (χ1n) is 5.43. The summed E-state index contributed by atoms with van der Waals surface area (Å²) in [6.45, 7) is 2.11. The molecule has 0 aliphatic heterocycles. The Labute approximate surface area is 99.4 Å². The molecule has 0 amide bonds. The van der Waals surface area contributed by atoms with Gasteiger partial charge in [0.25, 0.3) is 0 Å². The molecular formula is C12H17BrN2. The summed E-state index contributed by atoms with van der Waals surface area (Å²) in [6.07, 6.45) is 3.43. The van der Waals surface area contributed by atoms with Crippen LogP contribution in [0.15, 0.2) is 22.7 Å². The molecular weight excluding hydrogens is 252 g/mol. The maximum Gasteiger partial charge on any atom is 0.0345 e. The number of hydrogen-bond donors (Lipinski definition) is 2. The molecule has 3 heteroatoms. The van der Waals surface area contributed by atoms with Crippen molar-refractivity contribution in [2.45, 2.75) is 38.3 Å². The summed E-state index contributed by atoms with van der Waals surface area (Å²) in [6, 6.07) is 7.32. The number of anilines is 1. The highest BCUT2D eigenvalue weighted by atomic mass is 79.9. The third-order valence-corrected chi connectivity index (χ3v) is 3.89. The molecule has 2 unspecified atom stereocenters. The van der Waals surface area contributed by atoms with Gasteiger partial charge in [0.05, 0.1) is 0 Å². The number of nitrogens with one attached hydrogen (secondary N) is 1. The van der Waals surface area contributed by atoms with Gasteiger partial charge in [-0.2, -0.15) is 0 Å². The highest BCUT2D eigenvalue weighted by molar-refractivity contribution is 9.10. The summed E-state index contributed by atoms with van der Waals surface area (Å²) < 4.78 is 1.16. The topological polar surface area (TPSA) is 38.0 Å². The molecule has 1 aliphatic carbocycles. The first-order chi connectivity index (χ1) is 7.15. The molecule has 1 aromatic carbocycles. The van der Waals surface area contributed by atoms with Crippen molar-refractivity contribution in [2.24, 2.45) is 5.73 Å². The quantitative estimate of drug-likeness (QED) is 0.866. The van der Waals surface area contributed by atoms with Gasteiger partial charge < -0.3 is 11.1 Å². The van der Waals surface area contributed by atoms with E-state index in [2.05, 4.69) is 46.4 Å². The van der Waals surface area contributed by atoms with Crippen LogP contribution in [-0.2, 0) is 0 Å². The lowest BCUT2D eigenvalue weighted by molar-refractivity contribution is 0.688. The second kappa shape index (κ2) is 4.54. The Bertz CT molecular complexity index is 351. The minimum Gasteiger partial charge on any atom is -0.382 e. The van der Waals surface area contributed by atoms with Crippen LogP contribution in [0.25, 0.3) is 0 Å². The predicted molar refractivity (Wildman–Crippen MR) is 68.1 cm³/mol. The fraction of sp³-hybridized carbons (Fsp3) is 0.500. The van der Waals surface area contributed by atoms with Crippen LogP contribution in [0.1, 0.15) is 24.8 Å². The van der Waals surface area contributed by atoms with Crippen molar-refractivity contribution < 1.29 is 0 Å². The van der Waals surface area contributed by atoms with E-state index in [1.807, 2.05) is 0 Å². The molecule has 0 radical (unpaired) electrons. The Balaban J connectivity index is 2.02. The Morgan fingerprint density at radius 2 is 2.20 bits per heavy atom. The highest BCUT2D eigenvalue weighted by Crippen LogP contribution is 2.24. The third-order valence-electron chi connectivity index (χ3n) is 3.00. The zero-order valence-corrected chi connectivity index (χ0v) is 10.5. The van der Waals surface area contributed by atoms with Crippen LogP contribution in [0.3, 0.4) is 0 Å². The molecule has 1 saturated carbocycles. The summed E-state index contributed by atoms with van der Waals surface area (Å²) >= 11 is 3.50. The van der Waals surface area contributed by atoms with Crippen LogP contribution in [0.4, 0.5) is 5.69 Å². The summed E-state index contributed by atoms with van der Waals surface area (Å²) in [5.41, 5.74) is 8.35. The summed E-state index contributed by atoms with van der Waals surface area (Å²) in [5, 5.41) is 3.54. The van der Waals surface area contributed by atoms with Gasteiger partial charge in [0.2, 0.25) is 0 Å². The Hall–Kier alpha value is -0.540. The van der Waals surface area contributed by atoms with Crippen LogP contribution in [-0.4, -0.2) is 12.1 Å². The molecule has 15 heavy (non-hydrogen) atoms. The van der Waals surface area contributed by atoms with E-state index in [1.54, 1.807) is 0 Å². The Morgan fingerprint density at radius 1 is 1.40 bits per heavy atom. The number of rotatable bonds is 2. The molecule has 82 valence electrons. The van der Waals surface area contributed by atoms with Gasteiger partial charge >= 0.3 is 0 Å². The molecule has 1 aromatic rings. The lowest BCUT2D eigenvalue weighted by Crippen LogP contribution is -2.20. The first kappa shape index (κ1) is 11.0. The maximum atomic E-state index is 5.89. The summed E-state index contributed by atoms with van der Waals surface area (Å²) in [5.74, 6) is 0. The fourth-order valence-corrected chi connectivity index (χ4v) is 2.36. The van der Waals surface area contributed by atoms with Gasteiger partial charge in [0.15, 0.2) is 0 Å². The van der Waals surface area contributed by atoms with Crippen molar-refractivity contribution in [3.63, 3.8) is 0 Å². The standard InChI is InChI=1S/C12H17BrN2/c1-8-6-10(4-5-12(8)13)15-11-3-2-9(14)7-11/h4-6,9,11,15H,2-3,7,14H2,1H3. The van der Waals surface area contributed by atoms with Crippen molar-refractivity contribution in [3.8, 4) is 0 Å². The van der Waals surface area contributed by atoms with Crippen molar-refractivity contribution in [1.29, 1.82) is 0 Å². The average molecular weight is 269 g/mol. The number of nitrogens with two attached hydrogens (primary N) is 1.